The van der Waals surface area contributed by atoms with Gasteiger partial charge >= 0.3 is 5.97 Å². The Morgan fingerprint density at radius 3 is 2.60 bits per heavy atom. The van der Waals surface area contributed by atoms with Crippen LogP contribution in [0.4, 0.5) is 0 Å². The highest BCUT2D eigenvalue weighted by Crippen LogP contribution is 2.04. The first kappa shape index (κ1) is 15.9. The summed E-state index contributed by atoms with van der Waals surface area (Å²) in [6.07, 6.45) is 1.75. The van der Waals surface area contributed by atoms with E-state index in [4.69, 9.17) is 0 Å². The van der Waals surface area contributed by atoms with E-state index >= 15 is 0 Å². The molecule has 0 aromatic carbocycles. The predicted molar refractivity (Wildman–Crippen MR) is 74.1 cm³/mol. The van der Waals surface area contributed by atoms with Crippen LogP contribution >= 0.6 is 0 Å². The Labute approximate surface area is 117 Å². The first-order valence-electron chi connectivity index (χ1n) is 6.48. The lowest BCUT2D eigenvalue weighted by atomic mass is 10.0. The van der Waals surface area contributed by atoms with Crippen molar-refractivity contribution in [1.82, 2.24) is 9.88 Å². The quantitative estimate of drug-likeness (QED) is 0.772. The summed E-state index contributed by atoms with van der Waals surface area (Å²) in [5, 5.41) is 2.63. The molecule has 1 unspecified atom stereocenters. The van der Waals surface area contributed by atoms with Gasteiger partial charge in [-0.3, -0.25) is 9.59 Å². The fourth-order valence-electron chi connectivity index (χ4n) is 1.74. The molecule has 1 amide bonds. The lowest BCUT2D eigenvalue weighted by Gasteiger charge is -2.19. The van der Waals surface area contributed by atoms with E-state index < -0.39 is 12.0 Å². The lowest BCUT2D eigenvalue weighted by molar-refractivity contribution is -0.146. The molecule has 1 aromatic rings. The van der Waals surface area contributed by atoms with Crippen molar-refractivity contribution in [1.29, 1.82) is 0 Å². The average molecular weight is 280 g/mol. The molecular formula is C14H20N2O4. The molecule has 0 saturated carbocycles. The molecule has 0 fully saturated rings. The maximum atomic E-state index is 11.8. The number of nitrogens with one attached hydrogen (secondary N) is 1. The predicted octanol–water partition coefficient (Wildman–Crippen LogP) is 0.552. The fourth-order valence-corrected chi connectivity index (χ4v) is 1.74. The molecule has 6 heteroatoms. The molecule has 0 bridgehead atoms. The highest BCUT2D eigenvalue weighted by Gasteiger charge is 2.24. The van der Waals surface area contributed by atoms with Crippen molar-refractivity contribution in [2.45, 2.75) is 32.9 Å². The Hall–Kier alpha value is -2.11. The molecule has 20 heavy (non-hydrogen) atoms. The van der Waals surface area contributed by atoms with Gasteiger partial charge in [0.05, 0.1) is 7.11 Å². The summed E-state index contributed by atoms with van der Waals surface area (Å²) in [5.74, 6) is -0.819. The van der Waals surface area contributed by atoms with Crippen molar-refractivity contribution in [3.63, 3.8) is 0 Å². The van der Waals surface area contributed by atoms with Crippen molar-refractivity contribution in [2.75, 3.05) is 7.11 Å². The Morgan fingerprint density at radius 2 is 2.05 bits per heavy atom. The zero-order chi connectivity index (χ0) is 15.1. The minimum atomic E-state index is -0.667. The fraction of sp³-hybridized carbons (Fsp3) is 0.500. The minimum absolute atomic E-state index is 0.0640. The van der Waals surface area contributed by atoms with Crippen molar-refractivity contribution < 1.29 is 14.3 Å². The Balaban J connectivity index is 2.57. The van der Waals surface area contributed by atoms with Gasteiger partial charge in [-0.05, 0) is 12.0 Å². The van der Waals surface area contributed by atoms with Gasteiger partial charge in [0.25, 0.3) is 5.56 Å². The van der Waals surface area contributed by atoms with Crippen LogP contribution in [0.5, 0.6) is 0 Å². The summed E-state index contributed by atoms with van der Waals surface area (Å²) in [6.45, 7) is 3.92. The van der Waals surface area contributed by atoms with Gasteiger partial charge < -0.3 is 14.6 Å². The highest BCUT2D eigenvalue weighted by atomic mass is 16.5. The molecule has 0 aliphatic rings. The molecule has 6 nitrogen and oxygen atoms in total. The Bertz CT molecular complexity index is 522. The van der Waals surface area contributed by atoms with Crippen LogP contribution in [0.25, 0.3) is 0 Å². The molecule has 0 saturated heterocycles. The van der Waals surface area contributed by atoms with Gasteiger partial charge in [-0.25, -0.2) is 4.79 Å². The highest BCUT2D eigenvalue weighted by molar-refractivity contribution is 5.84. The number of ether oxygens (including phenoxy) is 1. The third-order valence-corrected chi connectivity index (χ3v) is 2.92. The molecule has 1 heterocycles. The standard InChI is InChI=1S/C14H20N2O4/c1-10(2)13(14(19)20-3)15-11(17)7-9-16-8-5-4-6-12(16)18/h4-6,8,10,13H,7,9H2,1-3H3,(H,15,17). The van der Waals surface area contributed by atoms with E-state index in [9.17, 15) is 14.4 Å². The third-order valence-electron chi connectivity index (χ3n) is 2.92. The van der Waals surface area contributed by atoms with Gasteiger partial charge in [0.2, 0.25) is 5.91 Å². The maximum absolute atomic E-state index is 11.8. The van der Waals surface area contributed by atoms with Gasteiger partial charge in [0.15, 0.2) is 0 Å². The van der Waals surface area contributed by atoms with Crippen molar-refractivity contribution in [2.24, 2.45) is 5.92 Å². The van der Waals surface area contributed by atoms with E-state index in [0.717, 1.165) is 0 Å². The summed E-state index contributed by atoms with van der Waals surface area (Å²) < 4.78 is 6.09. The van der Waals surface area contributed by atoms with Crippen LogP contribution in [0.1, 0.15) is 20.3 Å². The maximum Gasteiger partial charge on any atom is 0.328 e. The van der Waals surface area contributed by atoms with Crippen molar-refractivity contribution >= 4 is 11.9 Å². The minimum Gasteiger partial charge on any atom is -0.467 e. The number of aromatic nitrogens is 1. The number of nitrogens with zero attached hydrogens (tertiary/aromatic N) is 1. The molecular weight excluding hydrogens is 260 g/mol. The number of rotatable bonds is 6. The Morgan fingerprint density at radius 1 is 1.35 bits per heavy atom. The van der Waals surface area contributed by atoms with E-state index in [1.165, 1.54) is 17.7 Å². The number of carbonyl (C=O) groups is 2. The molecule has 110 valence electrons. The second-order valence-corrected chi connectivity index (χ2v) is 4.79. The van der Waals surface area contributed by atoms with Gasteiger partial charge in [0, 0.05) is 25.2 Å². The first-order valence-corrected chi connectivity index (χ1v) is 6.48. The van der Waals surface area contributed by atoms with Crippen molar-refractivity contribution in [3.05, 3.63) is 34.7 Å². The number of carbonyl (C=O) groups excluding carboxylic acids is 2. The van der Waals surface area contributed by atoms with Crippen LogP contribution < -0.4 is 10.9 Å². The summed E-state index contributed by atoms with van der Waals surface area (Å²) in [5.41, 5.74) is -0.159. The normalized spacial score (nSPS) is 12.0. The van der Waals surface area contributed by atoms with Crippen LogP contribution in [-0.2, 0) is 20.9 Å². The number of hydrogen-bond donors (Lipinski definition) is 1. The molecule has 1 atom stereocenters. The zero-order valence-electron chi connectivity index (χ0n) is 12.0. The largest absolute Gasteiger partial charge is 0.467 e. The van der Waals surface area contributed by atoms with Gasteiger partial charge in [-0.2, -0.15) is 0 Å². The van der Waals surface area contributed by atoms with Crippen LogP contribution in [0.3, 0.4) is 0 Å². The number of methoxy groups -OCH3 is 1. The average Bonchev–Trinajstić information content (AvgIpc) is 2.42. The van der Waals surface area contributed by atoms with Gasteiger partial charge in [0.1, 0.15) is 6.04 Å². The van der Waals surface area contributed by atoms with E-state index in [0.29, 0.717) is 0 Å². The lowest BCUT2D eigenvalue weighted by Crippen LogP contribution is -2.45. The molecule has 0 aliphatic heterocycles. The number of amides is 1. The second-order valence-electron chi connectivity index (χ2n) is 4.79. The van der Waals surface area contributed by atoms with Crippen molar-refractivity contribution in [3.8, 4) is 0 Å². The molecule has 0 radical (unpaired) electrons. The third kappa shape index (κ3) is 4.53. The van der Waals surface area contributed by atoms with Gasteiger partial charge in [-0.1, -0.05) is 19.9 Å². The number of aryl methyl sites for hydroxylation is 1. The Kier molecular flexibility index (Phi) is 5.96. The number of hydrogen-bond acceptors (Lipinski definition) is 4. The summed E-state index contributed by atoms with van der Waals surface area (Å²) in [4.78, 5) is 34.8. The molecule has 1 N–H and O–H groups in total. The van der Waals surface area contributed by atoms with E-state index in [1.54, 1.807) is 18.3 Å². The number of pyridine rings is 1. The molecule has 0 spiro atoms. The van der Waals surface area contributed by atoms with Crippen LogP contribution in [-0.4, -0.2) is 29.6 Å². The topological polar surface area (TPSA) is 77.4 Å². The monoisotopic (exact) mass is 280 g/mol. The van der Waals surface area contributed by atoms with Crippen LogP contribution in [0.15, 0.2) is 29.2 Å². The van der Waals surface area contributed by atoms with Gasteiger partial charge in [-0.15, -0.1) is 0 Å². The SMILES string of the molecule is COC(=O)C(NC(=O)CCn1ccccc1=O)C(C)C. The summed E-state index contributed by atoms with van der Waals surface area (Å²) in [7, 11) is 1.29. The van der Waals surface area contributed by atoms with Crippen LogP contribution in [0, 0.1) is 5.92 Å². The first-order chi connectivity index (χ1) is 9.45. The number of esters is 1. The summed E-state index contributed by atoms with van der Waals surface area (Å²) >= 11 is 0. The second kappa shape index (κ2) is 7.47. The summed E-state index contributed by atoms with van der Waals surface area (Å²) in [6, 6.07) is 4.14. The smallest absolute Gasteiger partial charge is 0.328 e. The van der Waals surface area contributed by atoms with E-state index in [2.05, 4.69) is 10.1 Å². The molecule has 1 aromatic heterocycles. The molecule has 1 rings (SSSR count). The van der Waals surface area contributed by atoms with E-state index in [-0.39, 0.29) is 30.3 Å². The zero-order valence-corrected chi connectivity index (χ0v) is 12.0. The van der Waals surface area contributed by atoms with E-state index in [1.807, 2.05) is 13.8 Å². The van der Waals surface area contributed by atoms with Crippen LogP contribution in [0.2, 0.25) is 0 Å². The molecule has 0 aliphatic carbocycles.